The molecule has 0 amide bonds. The van der Waals surface area contributed by atoms with Gasteiger partial charge in [-0.15, -0.1) is 0 Å². The quantitative estimate of drug-likeness (QED) is 0.707. The highest BCUT2D eigenvalue weighted by atomic mass is 15.2. The number of nitriles is 1. The van der Waals surface area contributed by atoms with Gasteiger partial charge in [0.05, 0.1) is 12.0 Å². The summed E-state index contributed by atoms with van der Waals surface area (Å²) in [5.41, 5.74) is 0.442. The lowest BCUT2D eigenvalue weighted by atomic mass is 9.76. The topological polar surface area (TPSA) is 27.0 Å². The summed E-state index contributed by atoms with van der Waals surface area (Å²) in [4.78, 5) is 2.65. The highest BCUT2D eigenvalue weighted by molar-refractivity contribution is 4.96. The highest BCUT2D eigenvalue weighted by Gasteiger charge is 2.33. The molecule has 1 aliphatic heterocycles. The minimum Gasteiger partial charge on any atom is -0.299 e. The smallest absolute Gasteiger partial charge is 0.0672 e. The monoisotopic (exact) mass is 262 g/mol. The van der Waals surface area contributed by atoms with Crippen LogP contribution in [0.25, 0.3) is 0 Å². The maximum atomic E-state index is 9.37. The molecule has 19 heavy (non-hydrogen) atoms. The molecule has 0 N–H and O–H groups in total. The fraction of sp³-hybridized carbons (Fsp3) is 0.941. The third kappa shape index (κ3) is 3.72. The van der Waals surface area contributed by atoms with Gasteiger partial charge in [0.15, 0.2) is 0 Å². The molecule has 1 aliphatic carbocycles. The SMILES string of the molecule is CC(C)(C)C1CCCN(C2CCCCC2C#N)CC1. The standard InChI is InChI=1S/C17H30N2/c1-17(2,3)15-8-6-11-19(12-10-15)16-9-5-4-7-14(16)13-18/h14-16H,4-12H2,1-3H3. The average Bonchev–Trinajstić information content (AvgIpc) is 2.64. The molecule has 3 atom stereocenters. The first-order chi connectivity index (χ1) is 9.02. The van der Waals surface area contributed by atoms with Crippen molar-refractivity contribution in [1.29, 1.82) is 5.26 Å². The van der Waals surface area contributed by atoms with E-state index in [2.05, 4.69) is 31.7 Å². The van der Waals surface area contributed by atoms with Gasteiger partial charge in [0, 0.05) is 6.04 Å². The van der Waals surface area contributed by atoms with Crippen LogP contribution in [0.15, 0.2) is 0 Å². The Bertz CT molecular complexity index is 323. The van der Waals surface area contributed by atoms with Crippen LogP contribution in [0, 0.1) is 28.6 Å². The van der Waals surface area contributed by atoms with E-state index >= 15 is 0 Å². The zero-order valence-electron chi connectivity index (χ0n) is 13.0. The van der Waals surface area contributed by atoms with E-state index in [1.165, 1.54) is 51.6 Å². The number of likely N-dealkylation sites (tertiary alicyclic amines) is 1. The molecular formula is C17H30N2. The van der Waals surface area contributed by atoms with E-state index < -0.39 is 0 Å². The molecule has 1 saturated carbocycles. The third-order valence-electron chi connectivity index (χ3n) is 5.35. The molecule has 2 aliphatic rings. The Labute approximate surface area is 119 Å². The lowest BCUT2D eigenvalue weighted by Crippen LogP contribution is -2.42. The Hall–Kier alpha value is -0.550. The van der Waals surface area contributed by atoms with Gasteiger partial charge in [0.25, 0.3) is 0 Å². The van der Waals surface area contributed by atoms with E-state index in [9.17, 15) is 5.26 Å². The molecule has 2 heteroatoms. The molecular weight excluding hydrogens is 232 g/mol. The van der Waals surface area contributed by atoms with Gasteiger partial charge < -0.3 is 0 Å². The normalized spacial score (nSPS) is 34.5. The number of nitrogens with zero attached hydrogens (tertiary/aromatic N) is 2. The summed E-state index contributed by atoms with van der Waals surface area (Å²) < 4.78 is 0. The summed E-state index contributed by atoms with van der Waals surface area (Å²) >= 11 is 0. The first-order valence-electron chi connectivity index (χ1n) is 8.16. The van der Waals surface area contributed by atoms with E-state index in [0.717, 1.165) is 12.3 Å². The Morgan fingerprint density at radius 3 is 2.37 bits per heavy atom. The largest absolute Gasteiger partial charge is 0.299 e. The van der Waals surface area contributed by atoms with Crippen molar-refractivity contribution in [2.45, 2.75) is 71.8 Å². The first kappa shape index (κ1) is 14.9. The second-order valence-electron chi connectivity index (χ2n) is 7.62. The zero-order chi connectivity index (χ0) is 13.9. The fourth-order valence-electron chi connectivity index (χ4n) is 4.02. The van der Waals surface area contributed by atoms with Gasteiger partial charge in [-0.1, -0.05) is 33.6 Å². The summed E-state index contributed by atoms with van der Waals surface area (Å²) in [6.07, 6.45) is 8.95. The minimum atomic E-state index is 0.292. The number of rotatable bonds is 1. The second-order valence-corrected chi connectivity index (χ2v) is 7.62. The van der Waals surface area contributed by atoms with Crippen LogP contribution in [0.2, 0.25) is 0 Å². The van der Waals surface area contributed by atoms with Crippen molar-refractivity contribution in [3.8, 4) is 6.07 Å². The summed E-state index contributed by atoms with van der Waals surface area (Å²) in [5.74, 6) is 1.14. The Balaban J connectivity index is 1.97. The number of hydrogen-bond donors (Lipinski definition) is 0. The molecule has 108 valence electrons. The van der Waals surface area contributed by atoms with Crippen molar-refractivity contribution in [3.05, 3.63) is 0 Å². The van der Waals surface area contributed by atoms with Crippen molar-refractivity contribution in [2.75, 3.05) is 13.1 Å². The fourth-order valence-corrected chi connectivity index (χ4v) is 4.02. The maximum Gasteiger partial charge on any atom is 0.0672 e. The third-order valence-corrected chi connectivity index (χ3v) is 5.35. The van der Waals surface area contributed by atoms with Crippen molar-refractivity contribution in [2.24, 2.45) is 17.3 Å². The van der Waals surface area contributed by atoms with E-state index in [0.29, 0.717) is 17.4 Å². The van der Waals surface area contributed by atoms with Crippen LogP contribution < -0.4 is 0 Å². The van der Waals surface area contributed by atoms with Crippen LogP contribution in [-0.2, 0) is 0 Å². The summed E-state index contributed by atoms with van der Waals surface area (Å²) in [6, 6.07) is 3.12. The summed E-state index contributed by atoms with van der Waals surface area (Å²) in [5, 5.41) is 9.37. The predicted octanol–water partition coefficient (Wildman–Crippen LogP) is 4.22. The molecule has 0 bridgehead atoms. The molecule has 3 unspecified atom stereocenters. The van der Waals surface area contributed by atoms with Gasteiger partial charge in [-0.2, -0.15) is 5.26 Å². The second kappa shape index (κ2) is 6.27. The van der Waals surface area contributed by atoms with Crippen LogP contribution in [0.5, 0.6) is 0 Å². The lowest BCUT2D eigenvalue weighted by molar-refractivity contribution is 0.125. The molecule has 1 heterocycles. The molecule has 0 aromatic carbocycles. The Morgan fingerprint density at radius 2 is 1.68 bits per heavy atom. The molecule has 2 fully saturated rings. The van der Waals surface area contributed by atoms with Crippen molar-refractivity contribution >= 4 is 0 Å². The summed E-state index contributed by atoms with van der Waals surface area (Å²) in [6.45, 7) is 9.57. The van der Waals surface area contributed by atoms with Crippen LogP contribution in [0.4, 0.5) is 0 Å². The van der Waals surface area contributed by atoms with Gasteiger partial charge in [0.2, 0.25) is 0 Å². The van der Waals surface area contributed by atoms with Crippen LogP contribution in [0.1, 0.15) is 65.7 Å². The van der Waals surface area contributed by atoms with Gasteiger partial charge in [-0.25, -0.2) is 0 Å². The van der Waals surface area contributed by atoms with Crippen LogP contribution in [-0.4, -0.2) is 24.0 Å². The molecule has 0 aromatic rings. The van der Waals surface area contributed by atoms with Crippen LogP contribution >= 0.6 is 0 Å². The number of hydrogen-bond acceptors (Lipinski definition) is 2. The van der Waals surface area contributed by atoms with Crippen molar-refractivity contribution in [1.82, 2.24) is 4.90 Å². The van der Waals surface area contributed by atoms with E-state index in [1.807, 2.05) is 0 Å². The van der Waals surface area contributed by atoms with Gasteiger partial charge in [-0.3, -0.25) is 4.90 Å². The minimum absolute atomic E-state index is 0.292. The average molecular weight is 262 g/mol. The highest BCUT2D eigenvalue weighted by Crippen LogP contribution is 2.36. The molecule has 0 aromatic heterocycles. The van der Waals surface area contributed by atoms with Gasteiger partial charge >= 0.3 is 0 Å². The van der Waals surface area contributed by atoms with Crippen molar-refractivity contribution < 1.29 is 0 Å². The van der Waals surface area contributed by atoms with E-state index in [-0.39, 0.29) is 0 Å². The Kier molecular flexibility index (Phi) is 4.90. The van der Waals surface area contributed by atoms with Gasteiger partial charge in [-0.05, 0) is 56.5 Å². The first-order valence-corrected chi connectivity index (χ1v) is 8.16. The maximum absolute atomic E-state index is 9.37. The molecule has 0 radical (unpaired) electrons. The Morgan fingerprint density at radius 1 is 0.947 bits per heavy atom. The van der Waals surface area contributed by atoms with Crippen LogP contribution in [0.3, 0.4) is 0 Å². The summed E-state index contributed by atoms with van der Waals surface area (Å²) in [7, 11) is 0. The molecule has 0 spiro atoms. The van der Waals surface area contributed by atoms with Gasteiger partial charge in [0.1, 0.15) is 0 Å². The van der Waals surface area contributed by atoms with Crippen molar-refractivity contribution in [3.63, 3.8) is 0 Å². The van der Waals surface area contributed by atoms with E-state index in [1.54, 1.807) is 0 Å². The predicted molar refractivity (Wildman–Crippen MR) is 79.7 cm³/mol. The van der Waals surface area contributed by atoms with E-state index in [4.69, 9.17) is 0 Å². The zero-order valence-corrected chi connectivity index (χ0v) is 13.0. The molecule has 2 nitrogen and oxygen atoms in total. The lowest BCUT2D eigenvalue weighted by Gasteiger charge is -2.37. The molecule has 1 saturated heterocycles. The molecule has 2 rings (SSSR count).